The van der Waals surface area contributed by atoms with Crippen LogP contribution in [0.1, 0.15) is 25.5 Å². The van der Waals surface area contributed by atoms with Crippen molar-refractivity contribution in [3.05, 3.63) is 79.1 Å². The number of nitro benzene ring substituents is 1. The third-order valence-electron chi connectivity index (χ3n) is 3.93. The minimum Gasteiger partial charge on any atom is -0.273 e. The molecule has 8 heteroatoms. The largest absolute Gasteiger partial charge is 0.333 e. The third kappa shape index (κ3) is 2.93. The Balaban J connectivity index is 2.20. The summed E-state index contributed by atoms with van der Waals surface area (Å²) in [6.07, 6.45) is 1.52. The molecule has 0 saturated heterocycles. The van der Waals surface area contributed by atoms with Gasteiger partial charge in [0.1, 0.15) is 5.65 Å². The lowest BCUT2D eigenvalue weighted by Crippen LogP contribution is -2.41. The van der Waals surface area contributed by atoms with Crippen molar-refractivity contribution >= 4 is 16.7 Å². The summed E-state index contributed by atoms with van der Waals surface area (Å²) in [5, 5.41) is 11.1. The van der Waals surface area contributed by atoms with Crippen molar-refractivity contribution in [1.82, 2.24) is 14.1 Å². The van der Waals surface area contributed by atoms with E-state index in [0.29, 0.717) is 16.6 Å². The molecule has 0 saturated carbocycles. The molecule has 0 aliphatic carbocycles. The molecule has 3 rings (SSSR count). The summed E-state index contributed by atoms with van der Waals surface area (Å²) in [4.78, 5) is 39.8. The standard InChI is InChI=1S/C17H16N4O4/c1-11(2)20-16(22)14-4-3-9-18-15(14)19(17(20)23)10-12-5-7-13(8-6-12)21(24)25/h3-9,11H,10H2,1-2H3. The van der Waals surface area contributed by atoms with Crippen LogP contribution in [-0.4, -0.2) is 19.0 Å². The van der Waals surface area contributed by atoms with Crippen molar-refractivity contribution in [2.75, 3.05) is 0 Å². The molecule has 128 valence electrons. The second kappa shape index (κ2) is 6.31. The summed E-state index contributed by atoms with van der Waals surface area (Å²) in [6, 6.07) is 8.93. The number of benzene rings is 1. The summed E-state index contributed by atoms with van der Waals surface area (Å²) >= 11 is 0. The first kappa shape index (κ1) is 16.6. The van der Waals surface area contributed by atoms with Gasteiger partial charge in [0.25, 0.3) is 11.2 Å². The van der Waals surface area contributed by atoms with Crippen molar-refractivity contribution in [2.45, 2.75) is 26.4 Å². The topological polar surface area (TPSA) is 100 Å². The fraction of sp³-hybridized carbons (Fsp3) is 0.235. The SMILES string of the molecule is CC(C)n1c(=O)c2cccnc2n(Cc2ccc([N+](=O)[O-])cc2)c1=O. The summed E-state index contributed by atoms with van der Waals surface area (Å²) in [5.41, 5.74) is 0.153. The van der Waals surface area contributed by atoms with Crippen molar-refractivity contribution in [2.24, 2.45) is 0 Å². The molecule has 0 aliphatic heterocycles. The highest BCUT2D eigenvalue weighted by Gasteiger charge is 2.16. The molecule has 0 spiro atoms. The van der Waals surface area contributed by atoms with E-state index in [2.05, 4.69) is 4.98 Å². The summed E-state index contributed by atoms with van der Waals surface area (Å²) in [6.45, 7) is 3.69. The van der Waals surface area contributed by atoms with Gasteiger partial charge in [-0.3, -0.25) is 24.0 Å². The Morgan fingerprint density at radius 3 is 2.44 bits per heavy atom. The molecule has 0 unspecified atom stereocenters. The molecule has 1 aromatic carbocycles. The zero-order chi connectivity index (χ0) is 18.1. The van der Waals surface area contributed by atoms with E-state index in [1.165, 1.54) is 27.5 Å². The minimum atomic E-state index is -0.480. The van der Waals surface area contributed by atoms with Crippen LogP contribution in [0.5, 0.6) is 0 Å². The molecule has 0 aliphatic rings. The number of hydrogen-bond acceptors (Lipinski definition) is 5. The van der Waals surface area contributed by atoms with E-state index < -0.39 is 10.6 Å². The number of pyridine rings is 1. The highest BCUT2D eigenvalue weighted by atomic mass is 16.6. The fourth-order valence-corrected chi connectivity index (χ4v) is 2.72. The summed E-state index contributed by atoms with van der Waals surface area (Å²) < 4.78 is 2.60. The average molecular weight is 340 g/mol. The number of nitrogens with zero attached hydrogens (tertiary/aromatic N) is 4. The number of nitro groups is 1. The quantitative estimate of drug-likeness (QED) is 0.535. The van der Waals surface area contributed by atoms with E-state index in [1.54, 1.807) is 38.1 Å². The van der Waals surface area contributed by atoms with E-state index in [9.17, 15) is 19.7 Å². The first-order chi connectivity index (χ1) is 11.9. The van der Waals surface area contributed by atoms with Gasteiger partial charge in [0.2, 0.25) is 0 Å². The van der Waals surface area contributed by atoms with Gasteiger partial charge in [0, 0.05) is 24.4 Å². The Morgan fingerprint density at radius 2 is 1.84 bits per heavy atom. The predicted molar refractivity (Wildman–Crippen MR) is 92.8 cm³/mol. The highest BCUT2D eigenvalue weighted by Crippen LogP contribution is 2.14. The third-order valence-corrected chi connectivity index (χ3v) is 3.93. The number of hydrogen-bond donors (Lipinski definition) is 0. The van der Waals surface area contributed by atoms with Gasteiger partial charge in [-0.2, -0.15) is 0 Å². The lowest BCUT2D eigenvalue weighted by Gasteiger charge is -2.15. The number of aromatic nitrogens is 3. The first-order valence-corrected chi connectivity index (χ1v) is 7.73. The molecule has 0 atom stereocenters. The normalized spacial score (nSPS) is 11.2. The van der Waals surface area contributed by atoms with Gasteiger partial charge in [-0.05, 0) is 31.5 Å². The van der Waals surface area contributed by atoms with Crippen molar-refractivity contribution in [3.8, 4) is 0 Å². The van der Waals surface area contributed by atoms with E-state index >= 15 is 0 Å². The van der Waals surface area contributed by atoms with Crippen LogP contribution in [0.25, 0.3) is 11.0 Å². The Bertz CT molecular complexity index is 1060. The Labute approximate surface area is 142 Å². The van der Waals surface area contributed by atoms with Crippen LogP contribution in [0.4, 0.5) is 5.69 Å². The number of rotatable bonds is 4. The minimum absolute atomic E-state index is 0.0220. The van der Waals surface area contributed by atoms with Crippen LogP contribution in [-0.2, 0) is 6.54 Å². The maximum absolute atomic E-state index is 12.8. The van der Waals surface area contributed by atoms with Crippen LogP contribution < -0.4 is 11.2 Å². The second-order valence-corrected chi connectivity index (χ2v) is 5.94. The molecule has 2 heterocycles. The molecule has 0 radical (unpaired) electrons. The Morgan fingerprint density at radius 1 is 1.16 bits per heavy atom. The van der Waals surface area contributed by atoms with E-state index in [1.807, 2.05) is 0 Å². The molecule has 25 heavy (non-hydrogen) atoms. The van der Waals surface area contributed by atoms with E-state index in [4.69, 9.17) is 0 Å². The number of fused-ring (bicyclic) bond motifs is 1. The van der Waals surface area contributed by atoms with Crippen molar-refractivity contribution in [3.63, 3.8) is 0 Å². The van der Waals surface area contributed by atoms with Gasteiger partial charge >= 0.3 is 5.69 Å². The van der Waals surface area contributed by atoms with Crippen molar-refractivity contribution < 1.29 is 4.92 Å². The summed E-state index contributed by atoms with van der Waals surface area (Å²) in [7, 11) is 0. The Hall–Kier alpha value is -3.29. The molecule has 0 bridgehead atoms. The van der Waals surface area contributed by atoms with Gasteiger partial charge < -0.3 is 0 Å². The second-order valence-electron chi connectivity index (χ2n) is 5.94. The zero-order valence-corrected chi connectivity index (χ0v) is 13.7. The lowest BCUT2D eigenvalue weighted by molar-refractivity contribution is -0.384. The highest BCUT2D eigenvalue weighted by molar-refractivity contribution is 5.73. The zero-order valence-electron chi connectivity index (χ0n) is 13.7. The molecule has 3 aromatic rings. The fourth-order valence-electron chi connectivity index (χ4n) is 2.72. The summed E-state index contributed by atoms with van der Waals surface area (Å²) in [5.74, 6) is 0. The molecule has 8 nitrogen and oxygen atoms in total. The first-order valence-electron chi connectivity index (χ1n) is 7.73. The molecular weight excluding hydrogens is 324 g/mol. The van der Waals surface area contributed by atoms with E-state index in [0.717, 1.165) is 0 Å². The van der Waals surface area contributed by atoms with Crippen LogP contribution >= 0.6 is 0 Å². The average Bonchev–Trinajstić information content (AvgIpc) is 2.59. The van der Waals surface area contributed by atoms with Crippen LogP contribution in [0.3, 0.4) is 0 Å². The smallest absolute Gasteiger partial charge is 0.273 e. The van der Waals surface area contributed by atoms with E-state index in [-0.39, 0.29) is 23.8 Å². The van der Waals surface area contributed by atoms with Gasteiger partial charge in [-0.25, -0.2) is 9.78 Å². The van der Waals surface area contributed by atoms with Gasteiger partial charge in [0.05, 0.1) is 16.9 Å². The van der Waals surface area contributed by atoms with Gasteiger partial charge in [0.15, 0.2) is 0 Å². The molecular formula is C17H16N4O4. The monoisotopic (exact) mass is 340 g/mol. The van der Waals surface area contributed by atoms with Crippen LogP contribution in [0, 0.1) is 10.1 Å². The maximum atomic E-state index is 12.8. The molecule has 0 N–H and O–H groups in total. The molecule has 2 aromatic heterocycles. The maximum Gasteiger partial charge on any atom is 0.333 e. The predicted octanol–water partition coefficient (Wildman–Crippen LogP) is 2.10. The van der Waals surface area contributed by atoms with Crippen molar-refractivity contribution in [1.29, 1.82) is 0 Å². The van der Waals surface area contributed by atoms with Gasteiger partial charge in [-0.15, -0.1) is 0 Å². The number of non-ortho nitro benzene ring substituents is 1. The van der Waals surface area contributed by atoms with Crippen LogP contribution in [0.15, 0.2) is 52.2 Å². The Kier molecular flexibility index (Phi) is 4.18. The van der Waals surface area contributed by atoms with Crippen LogP contribution in [0.2, 0.25) is 0 Å². The molecule has 0 fully saturated rings. The lowest BCUT2D eigenvalue weighted by atomic mass is 10.2. The van der Waals surface area contributed by atoms with Gasteiger partial charge in [-0.1, -0.05) is 12.1 Å². The molecule has 0 amide bonds.